The van der Waals surface area contributed by atoms with Crippen LogP contribution >= 0.6 is 0 Å². The molecule has 1 aliphatic rings. The minimum Gasteiger partial charge on any atom is -0.366 e. The van der Waals surface area contributed by atoms with E-state index in [4.69, 9.17) is 9.72 Å². The van der Waals surface area contributed by atoms with Crippen molar-refractivity contribution in [2.24, 2.45) is 7.05 Å². The van der Waals surface area contributed by atoms with Gasteiger partial charge in [-0.3, -0.25) is 0 Å². The van der Waals surface area contributed by atoms with Crippen LogP contribution in [-0.2, 0) is 18.2 Å². The Morgan fingerprint density at radius 1 is 1.20 bits per heavy atom. The molecule has 0 saturated carbocycles. The van der Waals surface area contributed by atoms with Crippen LogP contribution in [0.1, 0.15) is 23.3 Å². The van der Waals surface area contributed by atoms with Gasteiger partial charge in [-0.15, -0.1) is 10.2 Å². The number of aryl methyl sites for hydroxylation is 1. The Morgan fingerprint density at radius 2 is 2.08 bits per heavy atom. The Bertz CT molecular complexity index is 834. The van der Waals surface area contributed by atoms with E-state index in [0.29, 0.717) is 13.2 Å². The van der Waals surface area contributed by atoms with Gasteiger partial charge in [0.2, 0.25) is 0 Å². The van der Waals surface area contributed by atoms with Gasteiger partial charge >= 0.3 is 0 Å². The molecule has 0 radical (unpaired) electrons. The number of benzene rings is 1. The zero-order chi connectivity index (χ0) is 17.1. The number of aromatic nitrogens is 5. The molecular weight excluding hydrogens is 316 g/mol. The van der Waals surface area contributed by atoms with Crippen molar-refractivity contribution in [1.29, 1.82) is 0 Å². The molecule has 0 spiro atoms. The second-order valence-electron chi connectivity index (χ2n) is 6.10. The summed E-state index contributed by atoms with van der Waals surface area (Å²) in [7, 11) is 1.93. The highest BCUT2D eigenvalue weighted by Gasteiger charge is 2.26. The molecule has 0 unspecified atom stereocenters. The van der Waals surface area contributed by atoms with Crippen molar-refractivity contribution in [2.75, 3.05) is 24.6 Å². The molecule has 1 aromatic carbocycles. The SMILES string of the molecule is Cn1cnnc1[C@H]1CN(c2ccnc(Cc3ccccc3)n2)CCO1. The van der Waals surface area contributed by atoms with Crippen molar-refractivity contribution < 1.29 is 4.74 Å². The molecule has 1 fully saturated rings. The fraction of sp³-hybridized carbons (Fsp3) is 0.333. The highest BCUT2D eigenvalue weighted by molar-refractivity contribution is 5.39. The monoisotopic (exact) mass is 336 g/mol. The van der Waals surface area contributed by atoms with E-state index in [0.717, 1.165) is 30.4 Å². The molecule has 0 aliphatic carbocycles. The Kier molecular flexibility index (Phi) is 4.39. The predicted octanol–water partition coefficient (Wildman–Crippen LogP) is 1.77. The van der Waals surface area contributed by atoms with E-state index in [2.05, 4.69) is 32.2 Å². The summed E-state index contributed by atoms with van der Waals surface area (Å²) in [6, 6.07) is 12.2. The maximum atomic E-state index is 5.87. The number of hydrogen-bond acceptors (Lipinski definition) is 6. The molecule has 3 aromatic rings. The Labute approximate surface area is 146 Å². The lowest BCUT2D eigenvalue weighted by Gasteiger charge is -2.33. The van der Waals surface area contributed by atoms with Crippen LogP contribution in [-0.4, -0.2) is 44.4 Å². The molecule has 2 aromatic heterocycles. The van der Waals surface area contributed by atoms with Gasteiger partial charge in [-0.25, -0.2) is 9.97 Å². The van der Waals surface area contributed by atoms with E-state index < -0.39 is 0 Å². The van der Waals surface area contributed by atoms with E-state index in [9.17, 15) is 0 Å². The van der Waals surface area contributed by atoms with Crippen molar-refractivity contribution in [3.05, 3.63) is 66.1 Å². The molecule has 4 rings (SSSR count). The van der Waals surface area contributed by atoms with Gasteiger partial charge in [0.1, 0.15) is 24.1 Å². The molecule has 3 heterocycles. The minimum atomic E-state index is -0.103. The summed E-state index contributed by atoms with van der Waals surface area (Å²) in [5.41, 5.74) is 1.21. The maximum absolute atomic E-state index is 5.87. The first kappa shape index (κ1) is 15.7. The summed E-state index contributed by atoms with van der Waals surface area (Å²) in [5.74, 6) is 2.59. The van der Waals surface area contributed by atoms with Crippen molar-refractivity contribution in [3.8, 4) is 0 Å². The number of ether oxygens (including phenoxy) is 1. The standard InChI is InChI=1S/C18H20N6O/c1-23-13-20-22-18(23)15-12-24(9-10-25-15)17-7-8-19-16(21-17)11-14-5-3-2-4-6-14/h2-8,13,15H,9-12H2,1H3/t15-/m1/s1. The molecule has 25 heavy (non-hydrogen) atoms. The van der Waals surface area contributed by atoms with Crippen LogP contribution in [0, 0.1) is 0 Å². The van der Waals surface area contributed by atoms with Crippen molar-refractivity contribution in [1.82, 2.24) is 24.7 Å². The van der Waals surface area contributed by atoms with Gasteiger partial charge in [0.25, 0.3) is 0 Å². The largest absolute Gasteiger partial charge is 0.366 e. The Hall–Kier alpha value is -2.80. The average Bonchev–Trinajstić information content (AvgIpc) is 3.09. The quantitative estimate of drug-likeness (QED) is 0.723. The third kappa shape index (κ3) is 3.51. The van der Waals surface area contributed by atoms with Gasteiger partial charge in [-0.1, -0.05) is 30.3 Å². The van der Waals surface area contributed by atoms with Crippen LogP contribution in [0.3, 0.4) is 0 Å². The third-order valence-electron chi connectivity index (χ3n) is 4.32. The van der Waals surface area contributed by atoms with Crippen LogP contribution in [0.15, 0.2) is 48.9 Å². The van der Waals surface area contributed by atoms with E-state index >= 15 is 0 Å². The minimum absolute atomic E-state index is 0.103. The van der Waals surface area contributed by atoms with Crippen LogP contribution in [0.4, 0.5) is 5.82 Å². The van der Waals surface area contributed by atoms with Gasteiger partial charge in [0.15, 0.2) is 5.82 Å². The second-order valence-corrected chi connectivity index (χ2v) is 6.10. The van der Waals surface area contributed by atoms with Crippen LogP contribution < -0.4 is 4.90 Å². The first-order valence-corrected chi connectivity index (χ1v) is 8.36. The zero-order valence-corrected chi connectivity index (χ0v) is 14.1. The smallest absolute Gasteiger partial charge is 0.163 e. The predicted molar refractivity (Wildman–Crippen MR) is 93.2 cm³/mol. The van der Waals surface area contributed by atoms with Gasteiger partial charge < -0.3 is 14.2 Å². The van der Waals surface area contributed by atoms with Gasteiger partial charge in [-0.2, -0.15) is 0 Å². The average molecular weight is 336 g/mol. The van der Waals surface area contributed by atoms with Crippen LogP contribution in [0.2, 0.25) is 0 Å². The molecule has 0 amide bonds. The van der Waals surface area contributed by atoms with Crippen molar-refractivity contribution >= 4 is 5.82 Å². The topological polar surface area (TPSA) is 69.0 Å². The van der Waals surface area contributed by atoms with Gasteiger partial charge in [0.05, 0.1) is 13.2 Å². The second kappa shape index (κ2) is 6.98. The summed E-state index contributed by atoms with van der Waals surface area (Å²) in [6.07, 6.45) is 4.15. The normalized spacial score (nSPS) is 17.6. The summed E-state index contributed by atoms with van der Waals surface area (Å²) in [5, 5.41) is 8.11. The Morgan fingerprint density at radius 3 is 2.88 bits per heavy atom. The Balaban J connectivity index is 1.51. The van der Waals surface area contributed by atoms with Crippen molar-refractivity contribution in [3.63, 3.8) is 0 Å². The van der Waals surface area contributed by atoms with Crippen LogP contribution in [0.5, 0.6) is 0 Å². The van der Waals surface area contributed by atoms with E-state index in [-0.39, 0.29) is 6.10 Å². The van der Waals surface area contributed by atoms with E-state index in [1.54, 1.807) is 6.33 Å². The van der Waals surface area contributed by atoms with Gasteiger partial charge in [0, 0.05) is 26.2 Å². The van der Waals surface area contributed by atoms with E-state index in [1.807, 2.05) is 42.1 Å². The number of morpholine rings is 1. The lowest BCUT2D eigenvalue weighted by Crippen LogP contribution is -2.39. The first-order chi connectivity index (χ1) is 12.3. The fourth-order valence-corrected chi connectivity index (χ4v) is 3.03. The third-order valence-corrected chi connectivity index (χ3v) is 4.32. The molecular formula is C18H20N6O. The lowest BCUT2D eigenvalue weighted by atomic mass is 10.1. The van der Waals surface area contributed by atoms with Gasteiger partial charge in [-0.05, 0) is 11.6 Å². The highest BCUT2D eigenvalue weighted by atomic mass is 16.5. The summed E-state index contributed by atoms with van der Waals surface area (Å²) in [6.45, 7) is 2.14. The van der Waals surface area contributed by atoms with Crippen LogP contribution in [0.25, 0.3) is 0 Å². The number of rotatable bonds is 4. The van der Waals surface area contributed by atoms with E-state index in [1.165, 1.54) is 5.56 Å². The fourth-order valence-electron chi connectivity index (χ4n) is 3.03. The molecule has 7 nitrogen and oxygen atoms in total. The molecule has 128 valence electrons. The maximum Gasteiger partial charge on any atom is 0.163 e. The lowest BCUT2D eigenvalue weighted by molar-refractivity contribution is 0.0318. The molecule has 0 bridgehead atoms. The molecule has 1 saturated heterocycles. The molecule has 0 N–H and O–H groups in total. The number of hydrogen-bond donors (Lipinski definition) is 0. The first-order valence-electron chi connectivity index (χ1n) is 8.36. The summed E-state index contributed by atoms with van der Waals surface area (Å²) >= 11 is 0. The highest BCUT2D eigenvalue weighted by Crippen LogP contribution is 2.23. The molecule has 7 heteroatoms. The number of nitrogens with zero attached hydrogens (tertiary/aromatic N) is 6. The number of anilines is 1. The summed E-state index contributed by atoms with van der Waals surface area (Å²) in [4.78, 5) is 11.4. The molecule has 1 atom stereocenters. The molecule has 1 aliphatic heterocycles. The summed E-state index contributed by atoms with van der Waals surface area (Å²) < 4.78 is 7.77. The zero-order valence-electron chi connectivity index (χ0n) is 14.1. The van der Waals surface area contributed by atoms with Crippen molar-refractivity contribution in [2.45, 2.75) is 12.5 Å².